The number of nitrogens with one attached hydrogen (secondary N) is 1. The van der Waals surface area contributed by atoms with Gasteiger partial charge in [0.15, 0.2) is 0 Å². The molecule has 100 valence electrons. The maximum atomic E-state index is 11.8. The van der Waals surface area contributed by atoms with Crippen LogP contribution in [0.25, 0.3) is 0 Å². The molecule has 0 aliphatic heterocycles. The van der Waals surface area contributed by atoms with Crippen molar-refractivity contribution in [1.82, 2.24) is 5.32 Å². The standard InChI is InChI=1S/C13H17BrClNO2/c1-9(2)8-18-6-5-16-13(17)10-3-4-11(14)12(15)7-10/h3-4,7,9H,5-6,8H2,1-2H3,(H,16,17). The van der Waals surface area contributed by atoms with Crippen molar-refractivity contribution in [3.8, 4) is 0 Å². The third-order valence-electron chi connectivity index (χ3n) is 2.16. The summed E-state index contributed by atoms with van der Waals surface area (Å²) in [5.74, 6) is 0.364. The van der Waals surface area contributed by atoms with E-state index in [4.69, 9.17) is 16.3 Å². The first-order valence-electron chi connectivity index (χ1n) is 5.81. The summed E-state index contributed by atoms with van der Waals surface area (Å²) in [5.41, 5.74) is 0.548. The second kappa shape index (κ2) is 7.77. The molecule has 0 aliphatic rings. The summed E-state index contributed by atoms with van der Waals surface area (Å²) < 4.78 is 6.15. The number of carbonyl (C=O) groups is 1. The van der Waals surface area contributed by atoms with Gasteiger partial charge in [-0.15, -0.1) is 0 Å². The minimum atomic E-state index is -0.141. The van der Waals surface area contributed by atoms with Gasteiger partial charge in [-0.05, 0) is 40.0 Å². The van der Waals surface area contributed by atoms with Crippen LogP contribution < -0.4 is 5.32 Å². The molecule has 0 heterocycles. The molecule has 18 heavy (non-hydrogen) atoms. The maximum absolute atomic E-state index is 11.8. The Morgan fingerprint density at radius 2 is 2.22 bits per heavy atom. The molecule has 0 bridgehead atoms. The normalized spacial score (nSPS) is 10.7. The van der Waals surface area contributed by atoms with Gasteiger partial charge in [0, 0.05) is 23.2 Å². The lowest BCUT2D eigenvalue weighted by Crippen LogP contribution is -2.27. The summed E-state index contributed by atoms with van der Waals surface area (Å²) in [6, 6.07) is 5.11. The Hall–Kier alpha value is -0.580. The Morgan fingerprint density at radius 3 is 2.83 bits per heavy atom. The van der Waals surface area contributed by atoms with Gasteiger partial charge in [0.1, 0.15) is 0 Å². The van der Waals surface area contributed by atoms with Gasteiger partial charge in [-0.3, -0.25) is 4.79 Å². The highest BCUT2D eigenvalue weighted by Gasteiger charge is 2.07. The van der Waals surface area contributed by atoms with Crippen molar-refractivity contribution in [2.45, 2.75) is 13.8 Å². The van der Waals surface area contributed by atoms with E-state index in [1.807, 2.05) is 0 Å². The Labute approximate surface area is 121 Å². The molecule has 0 aromatic heterocycles. The number of rotatable bonds is 6. The molecule has 0 saturated carbocycles. The molecule has 0 saturated heterocycles. The van der Waals surface area contributed by atoms with E-state index in [0.717, 1.165) is 4.47 Å². The molecule has 0 radical (unpaired) electrons. The van der Waals surface area contributed by atoms with Gasteiger partial charge in [0.25, 0.3) is 5.91 Å². The third kappa shape index (κ3) is 5.38. The molecule has 5 heteroatoms. The van der Waals surface area contributed by atoms with Gasteiger partial charge in [-0.25, -0.2) is 0 Å². The lowest BCUT2D eigenvalue weighted by molar-refractivity contribution is 0.0886. The van der Waals surface area contributed by atoms with E-state index in [2.05, 4.69) is 35.1 Å². The molecule has 1 amide bonds. The molecule has 0 fully saturated rings. The second-order valence-corrected chi connectivity index (χ2v) is 5.62. The molecule has 1 N–H and O–H groups in total. The Morgan fingerprint density at radius 1 is 1.50 bits per heavy atom. The van der Waals surface area contributed by atoms with Crippen LogP contribution in [0.5, 0.6) is 0 Å². The SMILES string of the molecule is CC(C)COCCNC(=O)c1ccc(Br)c(Cl)c1. The van der Waals surface area contributed by atoms with Crippen LogP contribution >= 0.6 is 27.5 Å². The monoisotopic (exact) mass is 333 g/mol. The smallest absolute Gasteiger partial charge is 0.251 e. The van der Waals surface area contributed by atoms with Crippen LogP contribution in [0.4, 0.5) is 0 Å². The number of halogens is 2. The number of benzene rings is 1. The van der Waals surface area contributed by atoms with E-state index in [-0.39, 0.29) is 5.91 Å². The number of carbonyl (C=O) groups excluding carboxylic acids is 1. The summed E-state index contributed by atoms with van der Waals surface area (Å²) in [7, 11) is 0. The molecule has 0 spiro atoms. The number of hydrogen-bond acceptors (Lipinski definition) is 2. The van der Waals surface area contributed by atoms with Crippen molar-refractivity contribution in [2.24, 2.45) is 5.92 Å². The molecule has 0 unspecified atom stereocenters. The van der Waals surface area contributed by atoms with E-state index >= 15 is 0 Å². The Kier molecular flexibility index (Phi) is 6.68. The molecule has 0 atom stereocenters. The first-order valence-corrected chi connectivity index (χ1v) is 6.98. The molecule has 0 aliphatic carbocycles. The summed E-state index contributed by atoms with van der Waals surface area (Å²) in [6.45, 7) is 5.90. The molecule has 1 rings (SSSR count). The molecule has 1 aromatic carbocycles. The van der Waals surface area contributed by atoms with Crippen LogP contribution in [-0.4, -0.2) is 25.7 Å². The zero-order valence-corrected chi connectivity index (χ0v) is 12.8. The highest BCUT2D eigenvalue weighted by Crippen LogP contribution is 2.22. The zero-order chi connectivity index (χ0) is 13.5. The minimum Gasteiger partial charge on any atom is -0.379 e. The van der Waals surface area contributed by atoms with E-state index < -0.39 is 0 Å². The highest BCUT2D eigenvalue weighted by atomic mass is 79.9. The predicted molar refractivity (Wildman–Crippen MR) is 77.1 cm³/mol. The minimum absolute atomic E-state index is 0.141. The second-order valence-electron chi connectivity index (χ2n) is 4.35. The lowest BCUT2D eigenvalue weighted by Gasteiger charge is -2.08. The average molecular weight is 335 g/mol. The van der Waals surface area contributed by atoms with Crippen LogP contribution in [0.2, 0.25) is 5.02 Å². The summed E-state index contributed by atoms with van der Waals surface area (Å²) in [5, 5.41) is 3.31. The quantitative estimate of drug-likeness (QED) is 0.809. The van der Waals surface area contributed by atoms with Crippen molar-refractivity contribution in [3.63, 3.8) is 0 Å². The van der Waals surface area contributed by atoms with E-state index in [1.165, 1.54) is 0 Å². The molecular formula is C13H17BrClNO2. The summed E-state index contributed by atoms with van der Waals surface area (Å²) in [6.07, 6.45) is 0. The first-order chi connectivity index (χ1) is 8.50. The lowest BCUT2D eigenvalue weighted by atomic mass is 10.2. The van der Waals surface area contributed by atoms with Gasteiger partial charge >= 0.3 is 0 Å². The van der Waals surface area contributed by atoms with Crippen LogP contribution in [0.3, 0.4) is 0 Å². The highest BCUT2D eigenvalue weighted by molar-refractivity contribution is 9.10. The fourth-order valence-electron chi connectivity index (χ4n) is 1.30. The Bertz CT molecular complexity index is 410. The topological polar surface area (TPSA) is 38.3 Å². The fourth-order valence-corrected chi connectivity index (χ4v) is 1.72. The van der Waals surface area contributed by atoms with Crippen LogP contribution in [0.1, 0.15) is 24.2 Å². The van der Waals surface area contributed by atoms with Crippen molar-refractivity contribution < 1.29 is 9.53 Å². The summed E-state index contributed by atoms with van der Waals surface area (Å²) >= 11 is 9.21. The first kappa shape index (κ1) is 15.5. The van der Waals surface area contributed by atoms with E-state index in [9.17, 15) is 4.79 Å². The molecule has 3 nitrogen and oxygen atoms in total. The van der Waals surface area contributed by atoms with E-state index in [1.54, 1.807) is 18.2 Å². The largest absolute Gasteiger partial charge is 0.379 e. The Balaban J connectivity index is 2.34. The molecular weight excluding hydrogens is 318 g/mol. The summed E-state index contributed by atoms with van der Waals surface area (Å²) in [4.78, 5) is 11.8. The van der Waals surface area contributed by atoms with Gasteiger partial charge in [0.2, 0.25) is 0 Å². The van der Waals surface area contributed by atoms with Crippen molar-refractivity contribution >= 4 is 33.4 Å². The van der Waals surface area contributed by atoms with Crippen LogP contribution in [-0.2, 0) is 4.74 Å². The number of amides is 1. The predicted octanol–water partition coefficient (Wildman–Crippen LogP) is 3.50. The maximum Gasteiger partial charge on any atom is 0.251 e. The fraction of sp³-hybridized carbons (Fsp3) is 0.462. The van der Waals surface area contributed by atoms with Crippen LogP contribution in [0, 0.1) is 5.92 Å². The third-order valence-corrected chi connectivity index (χ3v) is 3.40. The van der Waals surface area contributed by atoms with Crippen LogP contribution in [0.15, 0.2) is 22.7 Å². The van der Waals surface area contributed by atoms with Crippen molar-refractivity contribution in [1.29, 1.82) is 0 Å². The zero-order valence-electron chi connectivity index (χ0n) is 10.5. The molecule has 1 aromatic rings. The van der Waals surface area contributed by atoms with Gasteiger partial charge in [0.05, 0.1) is 11.6 Å². The van der Waals surface area contributed by atoms with Gasteiger partial charge in [-0.2, -0.15) is 0 Å². The average Bonchev–Trinajstić information content (AvgIpc) is 2.31. The van der Waals surface area contributed by atoms with Gasteiger partial charge in [-0.1, -0.05) is 25.4 Å². The number of hydrogen-bond donors (Lipinski definition) is 1. The van der Waals surface area contributed by atoms with E-state index in [0.29, 0.717) is 36.3 Å². The van der Waals surface area contributed by atoms with Gasteiger partial charge < -0.3 is 10.1 Å². The number of ether oxygens (including phenoxy) is 1. The van der Waals surface area contributed by atoms with Crippen molar-refractivity contribution in [3.05, 3.63) is 33.3 Å². The van der Waals surface area contributed by atoms with Crippen molar-refractivity contribution in [2.75, 3.05) is 19.8 Å².